The molecular formula is C18H21N3O2S. The van der Waals surface area contributed by atoms with E-state index in [0.717, 1.165) is 43.3 Å². The fourth-order valence-electron chi connectivity index (χ4n) is 3.23. The zero-order chi connectivity index (χ0) is 16.4. The number of aromatic nitrogens is 1. The summed E-state index contributed by atoms with van der Waals surface area (Å²) in [4.78, 5) is 20.5. The van der Waals surface area contributed by atoms with Gasteiger partial charge in [0.2, 0.25) is 5.91 Å². The van der Waals surface area contributed by atoms with Crippen molar-refractivity contribution < 1.29 is 9.53 Å². The number of anilines is 1. The number of amides is 1. The molecule has 4 rings (SSSR count). The van der Waals surface area contributed by atoms with Crippen LogP contribution in [0.25, 0.3) is 0 Å². The minimum absolute atomic E-state index is 0.0273. The molecule has 0 saturated carbocycles. The van der Waals surface area contributed by atoms with Crippen LogP contribution in [-0.2, 0) is 29.0 Å². The molecule has 1 atom stereocenters. The normalized spacial score (nSPS) is 20.8. The highest BCUT2D eigenvalue weighted by Gasteiger charge is 2.26. The number of carbonyl (C=O) groups is 1. The van der Waals surface area contributed by atoms with Crippen LogP contribution in [0.5, 0.6) is 0 Å². The number of ether oxygens (including phenoxy) is 1. The van der Waals surface area contributed by atoms with Crippen LogP contribution in [-0.4, -0.2) is 35.5 Å². The summed E-state index contributed by atoms with van der Waals surface area (Å²) in [6, 6.07) is 10.5. The predicted molar refractivity (Wildman–Crippen MR) is 93.9 cm³/mol. The van der Waals surface area contributed by atoms with Gasteiger partial charge in [-0.1, -0.05) is 30.3 Å². The van der Waals surface area contributed by atoms with Gasteiger partial charge >= 0.3 is 0 Å². The highest BCUT2D eigenvalue weighted by atomic mass is 32.1. The Labute approximate surface area is 145 Å². The maximum atomic E-state index is 12.2. The number of carbonyl (C=O) groups excluding carboxylic acids is 1. The summed E-state index contributed by atoms with van der Waals surface area (Å²) in [5.74, 6) is 0.0141. The number of rotatable bonds is 4. The standard InChI is InChI=1S/C18H21N3O2S/c22-17(14-7-9-23-12-14)20-18-19-15-6-8-21(11-16(15)24-18)10-13-4-2-1-3-5-13/h1-5,14H,6-12H2,(H,19,20,22)/t14-/m0/s1. The minimum atomic E-state index is -0.0273. The lowest BCUT2D eigenvalue weighted by Crippen LogP contribution is -2.29. The monoisotopic (exact) mass is 343 g/mol. The molecule has 5 nitrogen and oxygen atoms in total. The Morgan fingerprint density at radius 2 is 2.25 bits per heavy atom. The van der Waals surface area contributed by atoms with Crippen LogP contribution in [0.15, 0.2) is 30.3 Å². The minimum Gasteiger partial charge on any atom is -0.381 e. The first-order valence-corrected chi connectivity index (χ1v) is 9.23. The van der Waals surface area contributed by atoms with Gasteiger partial charge in [0.15, 0.2) is 5.13 Å². The van der Waals surface area contributed by atoms with Crippen molar-refractivity contribution in [3.8, 4) is 0 Å². The summed E-state index contributed by atoms with van der Waals surface area (Å²) in [5.41, 5.74) is 2.47. The molecule has 126 valence electrons. The first kappa shape index (κ1) is 15.7. The largest absolute Gasteiger partial charge is 0.381 e. The molecule has 1 aromatic carbocycles. The first-order chi connectivity index (χ1) is 11.8. The number of fused-ring (bicyclic) bond motifs is 1. The molecule has 1 fully saturated rings. The molecule has 2 aliphatic rings. The van der Waals surface area contributed by atoms with E-state index < -0.39 is 0 Å². The highest BCUT2D eigenvalue weighted by Crippen LogP contribution is 2.29. The highest BCUT2D eigenvalue weighted by molar-refractivity contribution is 7.15. The van der Waals surface area contributed by atoms with Crippen LogP contribution in [0.2, 0.25) is 0 Å². The Balaban J connectivity index is 1.39. The van der Waals surface area contributed by atoms with Crippen LogP contribution >= 0.6 is 11.3 Å². The van der Waals surface area contributed by atoms with Crippen molar-refractivity contribution in [2.24, 2.45) is 5.92 Å². The SMILES string of the molecule is O=C(Nc1nc2c(s1)CN(Cc1ccccc1)CC2)[C@H]1CCOC1. The smallest absolute Gasteiger partial charge is 0.231 e. The summed E-state index contributed by atoms with van der Waals surface area (Å²) < 4.78 is 5.28. The molecule has 0 radical (unpaired) electrons. The average Bonchev–Trinajstić information content (AvgIpc) is 3.24. The molecule has 1 N–H and O–H groups in total. The third-order valence-corrected chi connectivity index (χ3v) is 5.59. The van der Waals surface area contributed by atoms with Crippen LogP contribution in [0.4, 0.5) is 5.13 Å². The summed E-state index contributed by atoms with van der Waals surface area (Å²) in [6.45, 7) is 4.09. The van der Waals surface area contributed by atoms with Gasteiger partial charge in [-0.05, 0) is 12.0 Å². The molecule has 0 aliphatic carbocycles. The Morgan fingerprint density at radius 3 is 3.04 bits per heavy atom. The van der Waals surface area contributed by atoms with E-state index in [9.17, 15) is 4.79 Å². The molecule has 1 amide bonds. The van der Waals surface area contributed by atoms with Gasteiger partial charge in [0.25, 0.3) is 0 Å². The van der Waals surface area contributed by atoms with Gasteiger partial charge in [0, 0.05) is 37.5 Å². The fraction of sp³-hybridized carbons (Fsp3) is 0.444. The van der Waals surface area contributed by atoms with Gasteiger partial charge in [-0.25, -0.2) is 4.98 Å². The van der Waals surface area contributed by atoms with E-state index in [1.807, 2.05) is 6.07 Å². The summed E-state index contributed by atoms with van der Waals surface area (Å²) in [7, 11) is 0. The molecule has 0 unspecified atom stereocenters. The summed E-state index contributed by atoms with van der Waals surface area (Å²) in [5, 5.41) is 3.71. The molecule has 0 spiro atoms. The predicted octanol–water partition coefficient (Wildman–Crippen LogP) is 2.68. The quantitative estimate of drug-likeness (QED) is 0.927. The zero-order valence-electron chi connectivity index (χ0n) is 13.5. The van der Waals surface area contributed by atoms with Gasteiger partial charge in [-0.15, -0.1) is 11.3 Å². The van der Waals surface area contributed by atoms with Gasteiger partial charge in [0.05, 0.1) is 18.2 Å². The second-order valence-electron chi connectivity index (χ2n) is 6.38. The fourth-order valence-corrected chi connectivity index (χ4v) is 4.28. The molecule has 0 bridgehead atoms. The van der Waals surface area contributed by atoms with E-state index >= 15 is 0 Å². The molecule has 24 heavy (non-hydrogen) atoms. The van der Waals surface area contributed by atoms with Crippen molar-refractivity contribution in [3.63, 3.8) is 0 Å². The van der Waals surface area contributed by atoms with Crippen molar-refractivity contribution >= 4 is 22.4 Å². The number of nitrogens with one attached hydrogen (secondary N) is 1. The van der Waals surface area contributed by atoms with Crippen molar-refractivity contribution in [2.45, 2.75) is 25.9 Å². The van der Waals surface area contributed by atoms with Crippen LogP contribution in [0, 0.1) is 5.92 Å². The Bertz CT molecular complexity index is 710. The van der Waals surface area contributed by atoms with E-state index in [0.29, 0.717) is 13.2 Å². The average molecular weight is 343 g/mol. The van der Waals surface area contributed by atoms with E-state index in [4.69, 9.17) is 4.74 Å². The van der Waals surface area contributed by atoms with E-state index in [2.05, 4.69) is 39.5 Å². The van der Waals surface area contributed by atoms with Gasteiger partial charge in [0.1, 0.15) is 0 Å². The third kappa shape index (κ3) is 3.50. The number of benzene rings is 1. The molecule has 3 heterocycles. The first-order valence-electron chi connectivity index (χ1n) is 8.41. The van der Waals surface area contributed by atoms with Crippen LogP contribution in [0.1, 0.15) is 22.6 Å². The maximum Gasteiger partial charge on any atom is 0.231 e. The molecule has 6 heteroatoms. The topological polar surface area (TPSA) is 54.5 Å². The summed E-state index contributed by atoms with van der Waals surface area (Å²) >= 11 is 1.61. The van der Waals surface area contributed by atoms with Gasteiger partial charge in [-0.3, -0.25) is 9.69 Å². The lowest BCUT2D eigenvalue weighted by atomic mass is 10.1. The van der Waals surface area contributed by atoms with E-state index in [-0.39, 0.29) is 11.8 Å². The third-order valence-electron chi connectivity index (χ3n) is 4.59. The Kier molecular flexibility index (Phi) is 4.60. The van der Waals surface area contributed by atoms with Crippen LogP contribution in [0.3, 0.4) is 0 Å². The van der Waals surface area contributed by atoms with Gasteiger partial charge in [-0.2, -0.15) is 0 Å². The number of hydrogen-bond acceptors (Lipinski definition) is 5. The number of thiazole rings is 1. The molecule has 2 aliphatic heterocycles. The Hall–Kier alpha value is -1.76. The maximum absolute atomic E-state index is 12.2. The zero-order valence-corrected chi connectivity index (χ0v) is 14.3. The second-order valence-corrected chi connectivity index (χ2v) is 7.47. The molecular weight excluding hydrogens is 322 g/mol. The lowest BCUT2D eigenvalue weighted by Gasteiger charge is -2.25. The summed E-state index contributed by atoms with van der Waals surface area (Å²) in [6.07, 6.45) is 1.75. The Morgan fingerprint density at radius 1 is 1.38 bits per heavy atom. The number of nitrogens with zero attached hydrogens (tertiary/aromatic N) is 2. The lowest BCUT2D eigenvalue weighted by molar-refractivity contribution is -0.119. The van der Waals surface area contributed by atoms with Gasteiger partial charge < -0.3 is 10.1 Å². The van der Waals surface area contributed by atoms with Crippen molar-refractivity contribution in [1.82, 2.24) is 9.88 Å². The van der Waals surface area contributed by atoms with Crippen molar-refractivity contribution in [3.05, 3.63) is 46.5 Å². The number of hydrogen-bond donors (Lipinski definition) is 1. The van der Waals surface area contributed by atoms with Crippen LogP contribution < -0.4 is 5.32 Å². The molecule has 1 aromatic heterocycles. The second kappa shape index (κ2) is 7.01. The van der Waals surface area contributed by atoms with Crippen molar-refractivity contribution in [1.29, 1.82) is 0 Å². The van der Waals surface area contributed by atoms with Crippen molar-refractivity contribution in [2.75, 3.05) is 25.1 Å². The van der Waals surface area contributed by atoms with E-state index in [1.165, 1.54) is 10.4 Å². The van der Waals surface area contributed by atoms with E-state index in [1.54, 1.807) is 11.3 Å². The molecule has 1 saturated heterocycles. The molecule has 2 aromatic rings.